The van der Waals surface area contributed by atoms with E-state index < -0.39 is 5.41 Å². The molecule has 3 saturated carbocycles. The lowest BCUT2D eigenvalue weighted by Gasteiger charge is -2.67. The first-order valence-corrected chi connectivity index (χ1v) is 14.7. The van der Waals surface area contributed by atoms with Gasteiger partial charge in [0.2, 0.25) is 11.8 Å². The zero-order valence-corrected chi connectivity index (χ0v) is 24.5. The lowest BCUT2D eigenvalue weighted by atomic mass is 9.37. The number of esters is 1. The molecule has 2 saturated heterocycles. The maximum atomic E-state index is 13.9. The zero-order valence-electron chi connectivity index (χ0n) is 24.5. The first-order chi connectivity index (χ1) is 17.0. The Bertz CT molecular complexity index is 1010. The van der Waals surface area contributed by atoms with E-state index in [4.69, 9.17) is 4.74 Å². The van der Waals surface area contributed by atoms with E-state index in [-0.39, 0.29) is 62.9 Å². The number of amides is 2. The van der Waals surface area contributed by atoms with E-state index in [9.17, 15) is 14.4 Å². The Morgan fingerprint density at radius 1 is 0.838 bits per heavy atom. The predicted molar refractivity (Wildman–Crippen MR) is 143 cm³/mol. The van der Waals surface area contributed by atoms with Crippen molar-refractivity contribution in [2.24, 2.45) is 44.8 Å². The maximum Gasteiger partial charge on any atom is 0.312 e. The quantitative estimate of drug-likeness (QED) is 0.460. The molecule has 5 rings (SSSR count). The number of fused-ring (bicyclic) bond motifs is 7. The molecule has 8 atom stereocenters. The van der Waals surface area contributed by atoms with E-state index >= 15 is 0 Å². The van der Waals surface area contributed by atoms with E-state index in [0.717, 1.165) is 51.4 Å². The lowest BCUT2D eigenvalue weighted by Crippen LogP contribution is -2.68. The number of methoxy groups -OCH3 is 1. The minimum absolute atomic E-state index is 0.0545. The Morgan fingerprint density at radius 3 is 2.19 bits per heavy atom. The molecule has 0 aromatic rings. The van der Waals surface area contributed by atoms with Crippen LogP contribution in [0.1, 0.15) is 113 Å². The van der Waals surface area contributed by atoms with E-state index in [1.165, 1.54) is 7.11 Å². The van der Waals surface area contributed by atoms with Crippen LogP contribution in [-0.4, -0.2) is 36.5 Å². The Morgan fingerprint density at radius 2 is 1.51 bits per heavy atom. The standard InChI is InChI=1S/C31H50N2O4/c1-26(2)13-15-31(25(36)37-8)16-14-30(7)24(19(31)18-26)32-23(35)17-21-28(5)11-10-22(34)33-27(3,4)20(28)9-12-29(21,30)6/h19-21,24H,9-18H2,1-8H3,(H,32,35)(H,33,34)/t19-,20+,21-,24+,28+,29-,30-,31+/m1/s1. The van der Waals surface area contributed by atoms with Crippen molar-refractivity contribution in [3.63, 3.8) is 0 Å². The Kier molecular flexibility index (Phi) is 5.99. The third-order valence-corrected chi connectivity index (χ3v) is 13.0. The highest BCUT2D eigenvalue weighted by Crippen LogP contribution is 2.72. The summed E-state index contributed by atoms with van der Waals surface area (Å²) in [5, 5.41) is 6.89. The third-order valence-electron chi connectivity index (χ3n) is 13.0. The summed E-state index contributed by atoms with van der Waals surface area (Å²) in [4.78, 5) is 40.1. The molecular formula is C31H50N2O4. The van der Waals surface area contributed by atoms with Crippen LogP contribution in [0, 0.1) is 44.8 Å². The molecule has 0 spiro atoms. The van der Waals surface area contributed by atoms with Gasteiger partial charge in [-0.3, -0.25) is 14.4 Å². The van der Waals surface area contributed by atoms with Gasteiger partial charge in [-0.05, 0) is 105 Å². The van der Waals surface area contributed by atoms with Crippen molar-refractivity contribution in [2.75, 3.05) is 7.11 Å². The summed E-state index contributed by atoms with van der Waals surface area (Å²) in [6, 6.07) is -0.0545. The van der Waals surface area contributed by atoms with Gasteiger partial charge in [0.05, 0.1) is 12.5 Å². The van der Waals surface area contributed by atoms with Gasteiger partial charge >= 0.3 is 5.97 Å². The molecule has 6 heteroatoms. The first-order valence-electron chi connectivity index (χ1n) is 14.7. The number of nitrogens with one attached hydrogen (secondary N) is 2. The summed E-state index contributed by atoms with van der Waals surface area (Å²) in [6.45, 7) is 16.2. The SMILES string of the molecule is COC(=O)[C@]12CCC(C)(C)C[C@@H]1[C@@H]1NC(=O)C[C@@H]3[C@@]4(C)CCC(=O)NC(C)(C)[C@@H]4CC[C@@]3(C)[C@]1(C)CC2. The van der Waals surface area contributed by atoms with Crippen molar-refractivity contribution in [3.8, 4) is 0 Å². The van der Waals surface area contributed by atoms with E-state index in [1.54, 1.807) is 0 Å². The second-order valence-electron chi connectivity index (χ2n) is 15.6. The van der Waals surface area contributed by atoms with Gasteiger partial charge in [-0.15, -0.1) is 0 Å². The summed E-state index contributed by atoms with van der Waals surface area (Å²) in [5.41, 5.74) is -1.02. The van der Waals surface area contributed by atoms with E-state index in [0.29, 0.717) is 18.8 Å². The van der Waals surface area contributed by atoms with Gasteiger partial charge in [-0.25, -0.2) is 0 Å². The summed E-state index contributed by atoms with van der Waals surface area (Å²) in [7, 11) is 1.52. The number of carbonyl (C=O) groups excluding carboxylic acids is 3. The highest BCUT2D eigenvalue weighted by Gasteiger charge is 2.70. The van der Waals surface area contributed by atoms with Gasteiger partial charge < -0.3 is 15.4 Å². The topological polar surface area (TPSA) is 84.5 Å². The molecule has 0 aromatic heterocycles. The predicted octanol–water partition coefficient (Wildman–Crippen LogP) is 5.39. The van der Waals surface area contributed by atoms with E-state index in [2.05, 4.69) is 59.1 Å². The van der Waals surface area contributed by atoms with Crippen LogP contribution in [0.4, 0.5) is 0 Å². The van der Waals surface area contributed by atoms with Crippen LogP contribution in [0.5, 0.6) is 0 Å². The molecule has 3 aliphatic carbocycles. The molecule has 0 unspecified atom stereocenters. The average Bonchev–Trinajstić information content (AvgIpc) is 2.96. The molecule has 2 aliphatic heterocycles. The van der Waals surface area contributed by atoms with Crippen LogP contribution in [0.25, 0.3) is 0 Å². The zero-order chi connectivity index (χ0) is 27.2. The molecule has 2 heterocycles. The second kappa shape index (κ2) is 8.21. The summed E-state index contributed by atoms with van der Waals surface area (Å²) < 4.78 is 5.46. The fraction of sp³-hybridized carbons (Fsp3) is 0.903. The van der Waals surface area contributed by atoms with Crippen molar-refractivity contribution in [1.29, 1.82) is 0 Å². The number of hydrogen-bond donors (Lipinski definition) is 2. The molecule has 0 bridgehead atoms. The average molecular weight is 515 g/mol. The van der Waals surface area contributed by atoms with Crippen molar-refractivity contribution in [2.45, 2.75) is 124 Å². The lowest BCUT2D eigenvalue weighted by molar-refractivity contribution is -0.196. The van der Waals surface area contributed by atoms with Crippen molar-refractivity contribution >= 4 is 17.8 Å². The van der Waals surface area contributed by atoms with Crippen LogP contribution in [0.2, 0.25) is 0 Å². The molecule has 5 fully saturated rings. The van der Waals surface area contributed by atoms with Crippen LogP contribution < -0.4 is 10.6 Å². The highest BCUT2D eigenvalue weighted by molar-refractivity contribution is 5.80. The molecule has 5 aliphatic rings. The van der Waals surface area contributed by atoms with Gasteiger partial charge in [0.15, 0.2) is 0 Å². The monoisotopic (exact) mass is 514 g/mol. The van der Waals surface area contributed by atoms with Gasteiger partial charge in [-0.2, -0.15) is 0 Å². The summed E-state index contributed by atoms with van der Waals surface area (Å²) in [6.07, 6.45) is 8.45. The molecule has 6 nitrogen and oxygen atoms in total. The number of rotatable bonds is 1. The van der Waals surface area contributed by atoms with Crippen LogP contribution >= 0.6 is 0 Å². The van der Waals surface area contributed by atoms with Gasteiger partial charge in [0.25, 0.3) is 0 Å². The molecule has 208 valence electrons. The summed E-state index contributed by atoms with van der Waals surface area (Å²) >= 11 is 0. The first kappa shape index (κ1) is 27.0. The Hall–Kier alpha value is -1.59. The maximum absolute atomic E-state index is 13.9. The van der Waals surface area contributed by atoms with Gasteiger partial charge in [0.1, 0.15) is 0 Å². The van der Waals surface area contributed by atoms with Gasteiger partial charge in [-0.1, -0.05) is 34.6 Å². The molecule has 0 radical (unpaired) electrons. The fourth-order valence-corrected chi connectivity index (χ4v) is 10.8. The van der Waals surface area contributed by atoms with Crippen LogP contribution in [-0.2, 0) is 19.1 Å². The number of hydrogen-bond acceptors (Lipinski definition) is 4. The van der Waals surface area contributed by atoms with Crippen molar-refractivity contribution in [1.82, 2.24) is 10.6 Å². The van der Waals surface area contributed by atoms with Gasteiger partial charge in [0, 0.05) is 24.4 Å². The molecule has 37 heavy (non-hydrogen) atoms. The Labute approximate surface area is 223 Å². The normalized spacial score (nSPS) is 48.4. The number of ether oxygens (including phenoxy) is 1. The molecular weight excluding hydrogens is 464 g/mol. The van der Waals surface area contributed by atoms with E-state index in [1.807, 2.05) is 0 Å². The van der Waals surface area contributed by atoms with Crippen LogP contribution in [0.3, 0.4) is 0 Å². The number of carbonyl (C=O) groups is 3. The minimum Gasteiger partial charge on any atom is -0.469 e. The minimum atomic E-state index is -0.514. The molecule has 0 aromatic carbocycles. The summed E-state index contributed by atoms with van der Waals surface area (Å²) in [5.74, 6) is 0.751. The van der Waals surface area contributed by atoms with Crippen LogP contribution in [0.15, 0.2) is 0 Å². The van der Waals surface area contributed by atoms with Crippen molar-refractivity contribution < 1.29 is 19.1 Å². The smallest absolute Gasteiger partial charge is 0.312 e. The largest absolute Gasteiger partial charge is 0.469 e. The molecule has 2 amide bonds. The third kappa shape index (κ3) is 3.66. The molecule has 2 N–H and O–H groups in total. The second-order valence-corrected chi connectivity index (χ2v) is 15.6. The fourth-order valence-electron chi connectivity index (χ4n) is 10.8. The van der Waals surface area contributed by atoms with Crippen molar-refractivity contribution in [3.05, 3.63) is 0 Å². The Balaban J connectivity index is 1.63. The highest BCUT2D eigenvalue weighted by atomic mass is 16.5.